The van der Waals surface area contributed by atoms with Crippen LogP contribution in [0.4, 0.5) is 9.18 Å². The number of aromatic nitrogens is 2. The molecule has 2 aromatic rings. The minimum atomic E-state index is -0.522. The molecule has 1 aromatic carbocycles. The van der Waals surface area contributed by atoms with Gasteiger partial charge in [-0.25, -0.2) is 13.9 Å². The fraction of sp³-hybridized carbons (Fsp3) is 0.450. The van der Waals surface area contributed by atoms with E-state index in [2.05, 4.69) is 10.4 Å². The molecule has 0 saturated carbocycles. The van der Waals surface area contributed by atoms with Crippen molar-refractivity contribution in [3.63, 3.8) is 0 Å². The van der Waals surface area contributed by atoms with Crippen LogP contribution in [0.5, 0.6) is 0 Å². The molecule has 0 bridgehead atoms. The van der Waals surface area contributed by atoms with E-state index >= 15 is 0 Å². The van der Waals surface area contributed by atoms with E-state index in [0.29, 0.717) is 37.3 Å². The van der Waals surface area contributed by atoms with Crippen molar-refractivity contribution in [2.24, 2.45) is 0 Å². The molecular formula is C20H25FN4O3. The van der Waals surface area contributed by atoms with Crippen LogP contribution in [0.2, 0.25) is 0 Å². The quantitative estimate of drug-likeness (QED) is 0.876. The third-order valence-electron chi connectivity index (χ3n) is 4.39. The van der Waals surface area contributed by atoms with Gasteiger partial charge in [0.15, 0.2) is 5.69 Å². The van der Waals surface area contributed by atoms with E-state index in [1.807, 2.05) is 20.8 Å². The molecule has 0 spiro atoms. The molecule has 0 unspecified atom stereocenters. The van der Waals surface area contributed by atoms with E-state index < -0.39 is 5.60 Å². The van der Waals surface area contributed by atoms with Gasteiger partial charge in [0.1, 0.15) is 11.4 Å². The summed E-state index contributed by atoms with van der Waals surface area (Å²) in [5.41, 5.74) is 0.441. The molecule has 0 aliphatic carbocycles. The maximum atomic E-state index is 13.0. The van der Waals surface area contributed by atoms with E-state index in [9.17, 15) is 14.0 Å². The van der Waals surface area contributed by atoms with Gasteiger partial charge in [-0.3, -0.25) is 4.79 Å². The summed E-state index contributed by atoms with van der Waals surface area (Å²) in [5.74, 6) is -0.594. The summed E-state index contributed by atoms with van der Waals surface area (Å²) in [6, 6.07) is 7.47. The molecule has 0 atom stereocenters. The van der Waals surface area contributed by atoms with Gasteiger partial charge in [0.2, 0.25) is 0 Å². The largest absolute Gasteiger partial charge is 0.444 e. The Morgan fingerprint density at radius 2 is 1.79 bits per heavy atom. The minimum absolute atomic E-state index is 0.0258. The third kappa shape index (κ3) is 5.09. The lowest BCUT2D eigenvalue weighted by molar-refractivity contribution is 0.0199. The zero-order chi connectivity index (χ0) is 20.3. The van der Waals surface area contributed by atoms with Crippen LogP contribution in [0.15, 0.2) is 36.5 Å². The molecule has 2 heterocycles. The van der Waals surface area contributed by atoms with Gasteiger partial charge in [-0.1, -0.05) is 0 Å². The second kappa shape index (κ2) is 8.00. The van der Waals surface area contributed by atoms with Gasteiger partial charge in [0.05, 0.1) is 5.69 Å². The molecule has 1 fully saturated rings. The van der Waals surface area contributed by atoms with E-state index in [-0.39, 0.29) is 23.9 Å². The zero-order valence-electron chi connectivity index (χ0n) is 16.3. The summed E-state index contributed by atoms with van der Waals surface area (Å²) in [6.07, 6.45) is 2.65. The van der Waals surface area contributed by atoms with Crippen LogP contribution in [0.25, 0.3) is 5.69 Å². The van der Waals surface area contributed by atoms with Crippen molar-refractivity contribution in [1.82, 2.24) is 20.0 Å². The summed E-state index contributed by atoms with van der Waals surface area (Å²) in [5, 5.41) is 7.22. The zero-order valence-corrected chi connectivity index (χ0v) is 16.3. The van der Waals surface area contributed by atoms with E-state index in [1.54, 1.807) is 29.3 Å². The monoisotopic (exact) mass is 388 g/mol. The number of benzene rings is 1. The molecule has 8 heteroatoms. The van der Waals surface area contributed by atoms with Crippen LogP contribution in [-0.2, 0) is 4.74 Å². The fourth-order valence-electron chi connectivity index (χ4n) is 2.97. The standard InChI is InChI=1S/C20H25FN4O3/c1-20(2,3)28-19(27)24-11-8-15(9-12-24)22-18(26)17-10-13-25(23-17)16-6-4-14(21)5-7-16/h4-7,10,13,15H,8-9,11-12H2,1-3H3,(H,22,26). The predicted molar refractivity (Wildman–Crippen MR) is 102 cm³/mol. The van der Waals surface area contributed by atoms with E-state index in [0.717, 1.165) is 0 Å². The Balaban J connectivity index is 1.52. The van der Waals surface area contributed by atoms with Crippen molar-refractivity contribution >= 4 is 12.0 Å². The molecule has 1 N–H and O–H groups in total. The number of hydrogen-bond donors (Lipinski definition) is 1. The molecule has 7 nitrogen and oxygen atoms in total. The smallest absolute Gasteiger partial charge is 0.410 e. The van der Waals surface area contributed by atoms with E-state index in [1.165, 1.54) is 16.8 Å². The molecule has 1 saturated heterocycles. The van der Waals surface area contributed by atoms with Crippen LogP contribution in [0.3, 0.4) is 0 Å². The number of nitrogens with one attached hydrogen (secondary N) is 1. The van der Waals surface area contributed by atoms with Gasteiger partial charge >= 0.3 is 6.09 Å². The maximum absolute atomic E-state index is 13.0. The molecule has 0 radical (unpaired) electrons. The molecule has 2 amide bonds. The number of carbonyl (C=O) groups is 2. The average Bonchev–Trinajstić information content (AvgIpc) is 3.12. The number of nitrogens with zero attached hydrogens (tertiary/aromatic N) is 3. The number of amides is 2. The van der Waals surface area contributed by atoms with Crippen molar-refractivity contribution < 1.29 is 18.7 Å². The summed E-state index contributed by atoms with van der Waals surface area (Å²) in [4.78, 5) is 26.2. The van der Waals surface area contributed by atoms with Crippen molar-refractivity contribution in [1.29, 1.82) is 0 Å². The lowest BCUT2D eigenvalue weighted by atomic mass is 10.1. The molecule has 3 rings (SSSR count). The topological polar surface area (TPSA) is 76.5 Å². The summed E-state index contributed by atoms with van der Waals surface area (Å²) >= 11 is 0. The van der Waals surface area contributed by atoms with E-state index in [4.69, 9.17) is 4.74 Å². The Hall–Kier alpha value is -2.90. The normalized spacial score (nSPS) is 15.4. The van der Waals surface area contributed by atoms with Gasteiger partial charge in [0, 0.05) is 25.3 Å². The Kier molecular flexibility index (Phi) is 5.67. The first kappa shape index (κ1) is 19.9. The lowest BCUT2D eigenvalue weighted by Gasteiger charge is -2.33. The minimum Gasteiger partial charge on any atom is -0.444 e. The summed E-state index contributed by atoms with van der Waals surface area (Å²) < 4.78 is 19.9. The number of ether oxygens (including phenoxy) is 1. The van der Waals surface area contributed by atoms with Gasteiger partial charge < -0.3 is 15.0 Å². The lowest BCUT2D eigenvalue weighted by Crippen LogP contribution is -2.47. The Morgan fingerprint density at radius 1 is 1.14 bits per heavy atom. The molecular weight excluding hydrogens is 363 g/mol. The molecule has 1 aliphatic rings. The van der Waals surface area contributed by atoms with Crippen LogP contribution in [0, 0.1) is 5.82 Å². The number of rotatable bonds is 3. The van der Waals surface area contributed by atoms with Crippen molar-refractivity contribution in [3.05, 3.63) is 48.0 Å². The SMILES string of the molecule is CC(C)(C)OC(=O)N1CCC(NC(=O)c2ccn(-c3ccc(F)cc3)n2)CC1. The molecule has 1 aliphatic heterocycles. The number of likely N-dealkylation sites (tertiary alicyclic amines) is 1. The Morgan fingerprint density at radius 3 is 2.39 bits per heavy atom. The first-order valence-electron chi connectivity index (χ1n) is 9.32. The highest BCUT2D eigenvalue weighted by Crippen LogP contribution is 2.16. The van der Waals surface area contributed by atoms with Crippen molar-refractivity contribution in [2.45, 2.75) is 45.3 Å². The highest BCUT2D eigenvalue weighted by molar-refractivity contribution is 5.92. The molecule has 28 heavy (non-hydrogen) atoms. The highest BCUT2D eigenvalue weighted by Gasteiger charge is 2.27. The molecule has 1 aromatic heterocycles. The number of carbonyl (C=O) groups excluding carboxylic acids is 2. The average molecular weight is 388 g/mol. The van der Waals surface area contributed by atoms with Gasteiger partial charge in [-0.2, -0.15) is 5.10 Å². The third-order valence-corrected chi connectivity index (χ3v) is 4.39. The van der Waals surface area contributed by atoms with Gasteiger partial charge in [-0.15, -0.1) is 0 Å². The van der Waals surface area contributed by atoms with Crippen molar-refractivity contribution in [3.8, 4) is 5.69 Å². The predicted octanol–water partition coefficient (Wildman–Crippen LogP) is 3.14. The first-order valence-corrected chi connectivity index (χ1v) is 9.32. The second-order valence-electron chi connectivity index (χ2n) is 7.84. The van der Waals surface area contributed by atoms with Crippen LogP contribution in [0.1, 0.15) is 44.1 Å². The summed E-state index contributed by atoms with van der Waals surface area (Å²) in [6.45, 7) is 6.57. The summed E-state index contributed by atoms with van der Waals surface area (Å²) in [7, 11) is 0. The first-order chi connectivity index (χ1) is 13.2. The number of piperidine rings is 1. The van der Waals surface area contributed by atoms with Gasteiger partial charge in [0.25, 0.3) is 5.91 Å². The van der Waals surface area contributed by atoms with Crippen LogP contribution < -0.4 is 5.32 Å². The highest BCUT2D eigenvalue weighted by atomic mass is 19.1. The second-order valence-corrected chi connectivity index (χ2v) is 7.84. The van der Waals surface area contributed by atoms with Crippen LogP contribution >= 0.6 is 0 Å². The Bertz CT molecular complexity index is 834. The molecule has 150 valence electrons. The number of halogens is 1. The van der Waals surface area contributed by atoms with Crippen molar-refractivity contribution in [2.75, 3.05) is 13.1 Å². The number of hydrogen-bond acceptors (Lipinski definition) is 4. The van der Waals surface area contributed by atoms with Gasteiger partial charge in [-0.05, 0) is 63.9 Å². The maximum Gasteiger partial charge on any atom is 0.410 e. The fourth-order valence-corrected chi connectivity index (χ4v) is 2.97. The van der Waals surface area contributed by atoms with Crippen LogP contribution in [-0.4, -0.2) is 51.4 Å². The Labute approximate surface area is 163 Å².